The molecule has 1 rings (SSSR count). The minimum absolute atomic E-state index is 0.584. The van der Waals surface area contributed by atoms with Gasteiger partial charge >= 0.3 is 0 Å². The highest BCUT2D eigenvalue weighted by Crippen LogP contribution is 2.18. The van der Waals surface area contributed by atoms with Crippen molar-refractivity contribution in [1.82, 2.24) is 0 Å². The van der Waals surface area contributed by atoms with Gasteiger partial charge in [0.1, 0.15) is 0 Å². The van der Waals surface area contributed by atoms with Crippen LogP contribution in [0.25, 0.3) is 0 Å². The van der Waals surface area contributed by atoms with Gasteiger partial charge in [-0.15, -0.1) is 11.6 Å². The van der Waals surface area contributed by atoms with Crippen LogP contribution in [0.15, 0.2) is 24.3 Å². The van der Waals surface area contributed by atoms with Gasteiger partial charge in [0.15, 0.2) is 0 Å². The third-order valence-corrected chi connectivity index (χ3v) is 3.93. The first-order valence-corrected chi connectivity index (χ1v) is 6.67. The Hall–Kier alpha value is 0.150. The summed E-state index contributed by atoms with van der Waals surface area (Å²) in [6, 6.07) is 8.00. The van der Waals surface area contributed by atoms with Gasteiger partial charge in [-0.1, -0.05) is 30.7 Å². The summed E-state index contributed by atoms with van der Waals surface area (Å²) in [5.74, 6) is 3.45. The van der Waals surface area contributed by atoms with Crippen molar-refractivity contribution in [1.29, 1.82) is 0 Å². The zero-order valence-electron chi connectivity index (χ0n) is 8.17. The number of halogens is 2. The van der Waals surface area contributed by atoms with Crippen molar-refractivity contribution in [3.05, 3.63) is 34.9 Å². The quantitative estimate of drug-likeness (QED) is 0.695. The summed E-state index contributed by atoms with van der Waals surface area (Å²) in [6.07, 6.45) is 0. The van der Waals surface area contributed by atoms with Crippen LogP contribution < -0.4 is 0 Å². The molecule has 78 valence electrons. The predicted octanol–water partition coefficient (Wildman–Crippen LogP) is 4.45. The fourth-order valence-electron chi connectivity index (χ4n) is 1.05. The van der Waals surface area contributed by atoms with Crippen LogP contribution in [0, 0.1) is 5.92 Å². The van der Waals surface area contributed by atoms with Gasteiger partial charge in [0.25, 0.3) is 0 Å². The maximum absolute atomic E-state index is 5.88. The highest BCUT2D eigenvalue weighted by Gasteiger charge is 2.00. The van der Waals surface area contributed by atoms with Gasteiger partial charge in [-0.05, 0) is 29.4 Å². The summed E-state index contributed by atoms with van der Waals surface area (Å²) in [5, 5.41) is 0.813. The van der Waals surface area contributed by atoms with E-state index in [1.807, 2.05) is 30.0 Å². The Kier molecular flexibility index (Phi) is 5.76. The van der Waals surface area contributed by atoms with Crippen LogP contribution in [-0.2, 0) is 5.75 Å². The van der Waals surface area contributed by atoms with Crippen LogP contribution in [0.1, 0.15) is 12.5 Å². The maximum Gasteiger partial charge on any atom is 0.0409 e. The van der Waals surface area contributed by atoms with E-state index in [1.165, 1.54) is 5.56 Å². The molecule has 0 saturated carbocycles. The Balaban J connectivity index is 2.31. The summed E-state index contributed by atoms with van der Waals surface area (Å²) in [7, 11) is 0. The molecule has 0 nitrogen and oxygen atoms in total. The summed E-state index contributed by atoms with van der Waals surface area (Å²) in [6.45, 7) is 2.16. The Labute approximate surface area is 100.0 Å². The molecule has 3 heteroatoms. The normalized spacial score (nSPS) is 12.8. The van der Waals surface area contributed by atoms with Crippen molar-refractivity contribution in [3.8, 4) is 0 Å². The lowest BCUT2D eigenvalue weighted by Crippen LogP contribution is -1.99. The van der Waals surface area contributed by atoms with E-state index < -0.39 is 0 Å². The van der Waals surface area contributed by atoms with E-state index in [4.69, 9.17) is 23.2 Å². The second kappa shape index (κ2) is 6.60. The third kappa shape index (κ3) is 4.59. The van der Waals surface area contributed by atoms with Gasteiger partial charge in [0.05, 0.1) is 0 Å². The average Bonchev–Trinajstić information content (AvgIpc) is 2.17. The fourth-order valence-corrected chi connectivity index (χ4v) is 2.55. The van der Waals surface area contributed by atoms with Crippen LogP contribution in [0.3, 0.4) is 0 Å². The summed E-state index contributed by atoms with van der Waals surface area (Å²) in [4.78, 5) is 0. The molecule has 0 N–H and O–H groups in total. The van der Waals surface area contributed by atoms with E-state index in [-0.39, 0.29) is 0 Å². The Morgan fingerprint density at radius 2 is 2.21 bits per heavy atom. The summed E-state index contributed by atoms with van der Waals surface area (Å²) < 4.78 is 0. The first-order valence-electron chi connectivity index (χ1n) is 4.60. The summed E-state index contributed by atoms with van der Waals surface area (Å²) >= 11 is 13.5. The van der Waals surface area contributed by atoms with Crippen molar-refractivity contribution in [2.75, 3.05) is 11.6 Å². The van der Waals surface area contributed by atoms with E-state index >= 15 is 0 Å². The number of hydrogen-bond donors (Lipinski definition) is 0. The molecule has 0 aromatic heterocycles. The van der Waals surface area contributed by atoms with Crippen molar-refractivity contribution >= 4 is 35.0 Å². The Bertz CT molecular complexity index is 276. The van der Waals surface area contributed by atoms with Crippen LogP contribution in [-0.4, -0.2) is 11.6 Å². The molecule has 1 aromatic carbocycles. The molecule has 0 bridgehead atoms. The van der Waals surface area contributed by atoms with Gasteiger partial charge in [-0.3, -0.25) is 0 Å². The molecule has 0 aliphatic heterocycles. The van der Waals surface area contributed by atoms with E-state index in [0.717, 1.165) is 22.4 Å². The second-order valence-electron chi connectivity index (χ2n) is 3.40. The minimum atomic E-state index is 0.584. The number of alkyl halides is 1. The monoisotopic (exact) mass is 248 g/mol. The zero-order chi connectivity index (χ0) is 10.4. The van der Waals surface area contributed by atoms with E-state index in [1.54, 1.807) is 0 Å². The van der Waals surface area contributed by atoms with Crippen LogP contribution in [0.4, 0.5) is 0 Å². The van der Waals surface area contributed by atoms with Gasteiger partial charge in [0.2, 0.25) is 0 Å². The van der Waals surface area contributed by atoms with Gasteiger partial charge in [0, 0.05) is 16.7 Å². The van der Waals surface area contributed by atoms with Crippen LogP contribution in [0.2, 0.25) is 5.02 Å². The van der Waals surface area contributed by atoms with Crippen molar-refractivity contribution in [3.63, 3.8) is 0 Å². The first kappa shape index (κ1) is 12.2. The Morgan fingerprint density at radius 1 is 1.43 bits per heavy atom. The van der Waals surface area contributed by atoms with Gasteiger partial charge in [-0.25, -0.2) is 0 Å². The molecule has 0 fully saturated rings. The number of thioether (sulfide) groups is 1. The standard InChI is InChI=1S/C11H14Cl2S/c1-9(6-12)7-14-8-10-3-2-4-11(13)5-10/h2-5,9H,6-8H2,1H3. The highest BCUT2D eigenvalue weighted by molar-refractivity contribution is 7.98. The lowest BCUT2D eigenvalue weighted by Gasteiger charge is -2.06. The number of hydrogen-bond acceptors (Lipinski definition) is 1. The molecule has 1 aromatic rings. The molecule has 1 atom stereocenters. The van der Waals surface area contributed by atoms with Crippen LogP contribution in [0.5, 0.6) is 0 Å². The molecule has 0 aliphatic rings. The molecular weight excluding hydrogens is 235 g/mol. The van der Waals surface area contributed by atoms with Crippen molar-refractivity contribution in [2.45, 2.75) is 12.7 Å². The predicted molar refractivity (Wildman–Crippen MR) is 67.5 cm³/mol. The van der Waals surface area contributed by atoms with Crippen molar-refractivity contribution in [2.24, 2.45) is 5.92 Å². The molecule has 1 unspecified atom stereocenters. The molecular formula is C11H14Cl2S. The molecule has 0 amide bonds. The highest BCUT2D eigenvalue weighted by atomic mass is 35.5. The van der Waals surface area contributed by atoms with E-state index in [2.05, 4.69) is 13.0 Å². The smallest absolute Gasteiger partial charge is 0.0409 e. The third-order valence-electron chi connectivity index (χ3n) is 1.82. The molecule has 14 heavy (non-hydrogen) atoms. The first-order chi connectivity index (χ1) is 6.72. The second-order valence-corrected chi connectivity index (χ2v) is 5.18. The topological polar surface area (TPSA) is 0 Å². The molecule has 0 heterocycles. The fraction of sp³-hybridized carbons (Fsp3) is 0.455. The molecule has 0 saturated heterocycles. The maximum atomic E-state index is 5.88. The minimum Gasteiger partial charge on any atom is -0.157 e. The number of rotatable bonds is 5. The molecule has 0 aliphatic carbocycles. The summed E-state index contributed by atoms with van der Waals surface area (Å²) in [5.41, 5.74) is 1.28. The largest absolute Gasteiger partial charge is 0.157 e. The van der Waals surface area contributed by atoms with E-state index in [0.29, 0.717) is 5.92 Å². The lowest BCUT2D eigenvalue weighted by molar-refractivity contribution is 0.759. The Morgan fingerprint density at radius 3 is 2.86 bits per heavy atom. The van der Waals surface area contributed by atoms with Crippen molar-refractivity contribution < 1.29 is 0 Å². The van der Waals surface area contributed by atoms with E-state index in [9.17, 15) is 0 Å². The zero-order valence-corrected chi connectivity index (χ0v) is 10.5. The number of benzene rings is 1. The molecule has 0 radical (unpaired) electrons. The SMILES string of the molecule is CC(CCl)CSCc1cccc(Cl)c1. The lowest BCUT2D eigenvalue weighted by atomic mass is 10.2. The van der Waals surface area contributed by atoms with Gasteiger partial charge in [-0.2, -0.15) is 11.8 Å². The average molecular weight is 249 g/mol. The van der Waals surface area contributed by atoms with Crippen LogP contribution >= 0.6 is 35.0 Å². The molecule has 0 spiro atoms. The van der Waals surface area contributed by atoms with Gasteiger partial charge < -0.3 is 0 Å².